The molecule has 0 spiro atoms. The van der Waals surface area contributed by atoms with Gasteiger partial charge < -0.3 is 0 Å². The lowest BCUT2D eigenvalue weighted by molar-refractivity contribution is 0.112. The van der Waals surface area contributed by atoms with Crippen LogP contribution in [-0.2, 0) is 6.04 Å². The number of hydrogen-bond acceptors (Lipinski definition) is 1. The summed E-state index contributed by atoms with van der Waals surface area (Å²) >= 11 is 0. The minimum atomic E-state index is -1.05. The average Bonchev–Trinajstić information content (AvgIpc) is 2.01. The third-order valence-electron chi connectivity index (χ3n) is 1.82. The molecule has 1 aromatic rings. The minimum absolute atomic E-state index is 0.788. The molecule has 0 unspecified atom stereocenters. The maximum absolute atomic E-state index is 10.5. The van der Waals surface area contributed by atoms with E-state index in [0.29, 0.717) is 0 Å². The minimum Gasteiger partial charge on any atom is -0.298 e. The summed E-state index contributed by atoms with van der Waals surface area (Å²) in [5, 5.41) is 0. The highest BCUT2D eigenvalue weighted by molar-refractivity contribution is 6.75. The summed E-state index contributed by atoms with van der Waals surface area (Å²) in [5.41, 5.74) is 2.08. The van der Waals surface area contributed by atoms with Crippen molar-refractivity contribution in [2.45, 2.75) is 25.7 Å². The Bertz CT molecular complexity index is 299. The lowest BCUT2D eigenvalue weighted by Crippen LogP contribution is -2.23. The van der Waals surface area contributed by atoms with Crippen LogP contribution in [0.15, 0.2) is 24.3 Å². The highest BCUT2D eigenvalue weighted by Crippen LogP contribution is 2.12. The van der Waals surface area contributed by atoms with Gasteiger partial charge in [0.05, 0.1) is 0 Å². The molecule has 0 aliphatic rings. The molecule has 0 aliphatic carbocycles. The Morgan fingerprint density at radius 3 is 2.54 bits per heavy atom. The van der Waals surface area contributed by atoms with Crippen LogP contribution in [0, 0.1) is 0 Å². The van der Waals surface area contributed by atoms with Crippen LogP contribution in [0.1, 0.15) is 15.9 Å². The van der Waals surface area contributed by atoms with Gasteiger partial charge in [-0.3, -0.25) is 4.79 Å². The molecule has 1 nitrogen and oxygen atoms in total. The van der Waals surface area contributed by atoms with Crippen molar-refractivity contribution in [2.75, 3.05) is 0 Å². The molecule has 0 atom stereocenters. The summed E-state index contributed by atoms with van der Waals surface area (Å²) in [6, 6.07) is 9.05. The molecule has 0 aromatic heterocycles. The van der Waals surface area contributed by atoms with Crippen molar-refractivity contribution in [1.29, 1.82) is 0 Å². The summed E-state index contributed by atoms with van der Waals surface area (Å²) in [6.45, 7) is 7.00. The first-order valence-electron chi connectivity index (χ1n) is 4.55. The van der Waals surface area contributed by atoms with Gasteiger partial charge in [0.15, 0.2) is 0 Å². The molecule has 0 heterocycles. The van der Waals surface area contributed by atoms with E-state index in [-0.39, 0.29) is 0 Å². The average molecular weight is 192 g/mol. The van der Waals surface area contributed by atoms with Crippen molar-refractivity contribution in [3.63, 3.8) is 0 Å². The van der Waals surface area contributed by atoms with Crippen LogP contribution >= 0.6 is 0 Å². The highest BCUT2D eigenvalue weighted by atomic mass is 28.3. The summed E-state index contributed by atoms with van der Waals surface area (Å²) < 4.78 is 0. The lowest BCUT2D eigenvalue weighted by Gasteiger charge is -2.15. The van der Waals surface area contributed by atoms with Gasteiger partial charge in [-0.1, -0.05) is 37.8 Å². The summed E-state index contributed by atoms with van der Waals surface area (Å²) in [6.07, 6.45) is 0.910. The maximum Gasteiger partial charge on any atom is 0.150 e. The van der Waals surface area contributed by atoms with Crippen LogP contribution in [0.3, 0.4) is 0 Å². The SMILES string of the molecule is C[Si](C)(C)Cc1cccc(C=O)c1. The Kier molecular flexibility index (Phi) is 3.04. The maximum atomic E-state index is 10.5. The van der Waals surface area contributed by atoms with Crippen LogP contribution in [0.5, 0.6) is 0 Å². The van der Waals surface area contributed by atoms with Gasteiger partial charge in [0.1, 0.15) is 6.29 Å². The molecule has 70 valence electrons. The summed E-state index contributed by atoms with van der Waals surface area (Å²) in [5.74, 6) is 0. The largest absolute Gasteiger partial charge is 0.298 e. The number of aldehydes is 1. The molecule has 0 saturated heterocycles. The molecular weight excluding hydrogens is 176 g/mol. The van der Waals surface area contributed by atoms with E-state index in [1.165, 1.54) is 5.56 Å². The van der Waals surface area contributed by atoms with E-state index < -0.39 is 8.07 Å². The van der Waals surface area contributed by atoms with Gasteiger partial charge in [0.25, 0.3) is 0 Å². The molecule has 1 aromatic carbocycles. The monoisotopic (exact) mass is 192 g/mol. The van der Waals surface area contributed by atoms with Crippen molar-refractivity contribution >= 4 is 14.4 Å². The molecule has 0 aliphatic heterocycles. The fourth-order valence-corrected chi connectivity index (χ4v) is 2.83. The zero-order valence-corrected chi connectivity index (χ0v) is 9.50. The third-order valence-corrected chi connectivity index (χ3v) is 3.29. The van der Waals surface area contributed by atoms with Crippen molar-refractivity contribution in [1.82, 2.24) is 0 Å². The van der Waals surface area contributed by atoms with E-state index in [2.05, 4.69) is 25.7 Å². The Balaban J connectivity index is 2.84. The smallest absolute Gasteiger partial charge is 0.150 e. The number of benzene rings is 1. The van der Waals surface area contributed by atoms with Crippen molar-refractivity contribution in [2.24, 2.45) is 0 Å². The lowest BCUT2D eigenvalue weighted by atomic mass is 10.2. The Labute approximate surface area is 80.8 Å². The quantitative estimate of drug-likeness (QED) is 0.531. The molecule has 0 N–H and O–H groups in total. The fraction of sp³-hybridized carbons (Fsp3) is 0.364. The number of hydrogen-bond donors (Lipinski definition) is 0. The van der Waals surface area contributed by atoms with Gasteiger partial charge in [0, 0.05) is 13.6 Å². The zero-order chi connectivity index (χ0) is 9.90. The van der Waals surface area contributed by atoms with Crippen LogP contribution in [-0.4, -0.2) is 14.4 Å². The Hall–Kier alpha value is -0.893. The Morgan fingerprint density at radius 1 is 1.31 bits per heavy atom. The number of carbonyl (C=O) groups excluding carboxylic acids is 1. The van der Waals surface area contributed by atoms with Gasteiger partial charge in [0.2, 0.25) is 0 Å². The first-order valence-corrected chi connectivity index (χ1v) is 8.26. The molecular formula is C11H16OSi. The first-order chi connectivity index (χ1) is 6.01. The molecule has 2 heteroatoms. The molecule has 1 rings (SSSR count). The Morgan fingerprint density at radius 2 is 2.00 bits per heavy atom. The van der Waals surface area contributed by atoms with Crippen LogP contribution < -0.4 is 0 Å². The normalized spacial score (nSPS) is 11.3. The van der Waals surface area contributed by atoms with Crippen molar-refractivity contribution < 1.29 is 4.79 Å². The standard InChI is InChI=1S/C11H16OSi/c1-13(2,3)9-11-6-4-5-10(7-11)8-12/h4-8H,9H2,1-3H3. The van der Waals surface area contributed by atoms with Crippen LogP contribution in [0.4, 0.5) is 0 Å². The molecule has 13 heavy (non-hydrogen) atoms. The second-order valence-electron chi connectivity index (χ2n) is 4.60. The molecule has 0 amide bonds. The summed E-state index contributed by atoms with van der Waals surface area (Å²) in [4.78, 5) is 10.5. The zero-order valence-electron chi connectivity index (χ0n) is 8.50. The van der Waals surface area contributed by atoms with Gasteiger partial charge in [-0.05, 0) is 17.7 Å². The van der Waals surface area contributed by atoms with E-state index in [1.54, 1.807) is 0 Å². The van der Waals surface area contributed by atoms with Crippen LogP contribution in [0.25, 0.3) is 0 Å². The predicted octanol–water partition coefficient (Wildman–Crippen LogP) is 2.92. The van der Waals surface area contributed by atoms with E-state index in [1.807, 2.05) is 18.2 Å². The van der Waals surface area contributed by atoms with E-state index in [0.717, 1.165) is 17.9 Å². The molecule has 0 saturated carbocycles. The fourth-order valence-electron chi connectivity index (χ4n) is 1.39. The second kappa shape index (κ2) is 3.88. The van der Waals surface area contributed by atoms with Crippen LogP contribution in [0.2, 0.25) is 19.6 Å². The third kappa shape index (κ3) is 3.55. The molecule has 0 fully saturated rings. The second-order valence-corrected chi connectivity index (χ2v) is 10.1. The first kappa shape index (κ1) is 10.2. The van der Waals surface area contributed by atoms with E-state index in [9.17, 15) is 4.79 Å². The highest BCUT2D eigenvalue weighted by Gasteiger charge is 2.13. The molecule has 0 radical (unpaired) electrons. The van der Waals surface area contributed by atoms with Gasteiger partial charge >= 0.3 is 0 Å². The topological polar surface area (TPSA) is 17.1 Å². The van der Waals surface area contributed by atoms with E-state index >= 15 is 0 Å². The predicted molar refractivity (Wildman–Crippen MR) is 58.9 cm³/mol. The molecule has 0 bridgehead atoms. The number of carbonyl (C=O) groups is 1. The van der Waals surface area contributed by atoms with E-state index in [4.69, 9.17) is 0 Å². The summed E-state index contributed by atoms with van der Waals surface area (Å²) in [7, 11) is -1.05. The van der Waals surface area contributed by atoms with Gasteiger partial charge in [-0.2, -0.15) is 0 Å². The van der Waals surface area contributed by atoms with Crippen molar-refractivity contribution in [3.05, 3.63) is 35.4 Å². The number of rotatable bonds is 3. The van der Waals surface area contributed by atoms with Gasteiger partial charge in [-0.15, -0.1) is 0 Å². The van der Waals surface area contributed by atoms with Gasteiger partial charge in [-0.25, -0.2) is 0 Å². The van der Waals surface area contributed by atoms with Crippen molar-refractivity contribution in [3.8, 4) is 0 Å².